The van der Waals surface area contributed by atoms with E-state index in [0.717, 1.165) is 30.5 Å². The average Bonchev–Trinajstić information content (AvgIpc) is 2.71. The molecule has 3 rings (SSSR count). The fourth-order valence-electron chi connectivity index (χ4n) is 3.79. The van der Waals surface area contributed by atoms with Gasteiger partial charge in [-0.2, -0.15) is 0 Å². The zero-order valence-corrected chi connectivity index (χ0v) is 16.7. The molecule has 28 heavy (non-hydrogen) atoms. The lowest BCUT2D eigenvalue weighted by Gasteiger charge is -2.26. The smallest absolute Gasteiger partial charge is 0.220 e. The maximum Gasteiger partial charge on any atom is 0.220 e. The molecule has 3 N–H and O–H groups in total. The van der Waals surface area contributed by atoms with Crippen LogP contribution in [0.3, 0.4) is 0 Å². The number of aryl methyl sites for hydroxylation is 2. The van der Waals surface area contributed by atoms with Gasteiger partial charge in [-0.25, -0.2) is 0 Å². The van der Waals surface area contributed by atoms with Crippen molar-refractivity contribution in [3.05, 3.63) is 47.0 Å². The number of rotatable bonds is 7. The standard InChI is InChI=1S/C22H28N2O4/c1-26-19-11-14(12-20(27-2)22(19)28-3)7-10-21(25)24-18-6-4-5-15-13-16(23)8-9-17(15)18/h8-9,11-13,18H,4-7,10,23H2,1-3H3,(H,24,25). The Morgan fingerprint density at radius 1 is 1.11 bits per heavy atom. The van der Waals surface area contributed by atoms with Gasteiger partial charge in [-0.3, -0.25) is 4.79 Å². The first kappa shape index (κ1) is 19.9. The molecule has 1 amide bonds. The maximum atomic E-state index is 12.6. The summed E-state index contributed by atoms with van der Waals surface area (Å²) in [5.74, 6) is 1.77. The fraction of sp³-hybridized carbons (Fsp3) is 0.409. The molecule has 0 radical (unpaired) electrons. The number of anilines is 1. The van der Waals surface area contributed by atoms with Crippen LogP contribution in [0, 0.1) is 0 Å². The van der Waals surface area contributed by atoms with Crippen molar-refractivity contribution in [3.63, 3.8) is 0 Å². The van der Waals surface area contributed by atoms with Gasteiger partial charge in [0, 0.05) is 12.1 Å². The van der Waals surface area contributed by atoms with Crippen molar-refractivity contribution in [1.29, 1.82) is 0 Å². The number of nitrogens with two attached hydrogens (primary N) is 1. The Bertz CT molecular complexity index is 825. The van der Waals surface area contributed by atoms with Gasteiger partial charge in [-0.05, 0) is 66.6 Å². The number of benzene rings is 2. The van der Waals surface area contributed by atoms with Crippen LogP contribution in [0.15, 0.2) is 30.3 Å². The summed E-state index contributed by atoms with van der Waals surface area (Å²) in [7, 11) is 4.74. The zero-order valence-electron chi connectivity index (χ0n) is 16.7. The van der Waals surface area contributed by atoms with Gasteiger partial charge in [0.1, 0.15) is 0 Å². The van der Waals surface area contributed by atoms with Crippen LogP contribution >= 0.6 is 0 Å². The van der Waals surface area contributed by atoms with Crippen molar-refractivity contribution in [2.75, 3.05) is 27.1 Å². The van der Waals surface area contributed by atoms with Crippen LogP contribution in [0.5, 0.6) is 17.2 Å². The normalized spacial score (nSPS) is 15.5. The van der Waals surface area contributed by atoms with E-state index in [1.165, 1.54) is 11.1 Å². The summed E-state index contributed by atoms with van der Waals surface area (Å²) >= 11 is 0. The Balaban J connectivity index is 1.66. The van der Waals surface area contributed by atoms with Gasteiger partial charge in [0.05, 0.1) is 27.4 Å². The number of methoxy groups -OCH3 is 3. The third-order valence-corrected chi connectivity index (χ3v) is 5.18. The molecule has 6 heteroatoms. The molecule has 2 aromatic carbocycles. The number of nitrogens with one attached hydrogen (secondary N) is 1. The van der Waals surface area contributed by atoms with Crippen LogP contribution in [0.25, 0.3) is 0 Å². The minimum atomic E-state index is 0.0310. The van der Waals surface area contributed by atoms with Crippen molar-refractivity contribution in [2.24, 2.45) is 0 Å². The van der Waals surface area contributed by atoms with E-state index in [-0.39, 0.29) is 11.9 Å². The first-order valence-electron chi connectivity index (χ1n) is 9.52. The minimum absolute atomic E-state index is 0.0310. The summed E-state index contributed by atoms with van der Waals surface area (Å²) in [6.45, 7) is 0. The second kappa shape index (κ2) is 8.87. The monoisotopic (exact) mass is 384 g/mol. The number of fused-ring (bicyclic) bond motifs is 1. The second-order valence-corrected chi connectivity index (χ2v) is 7.00. The first-order chi connectivity index (χ1) is 13.5. The molecule has 6 nitrogen and oxygen atoms in total. The van der Waals surface area contributed by atoms with E-state index in [4.69, 9.17) is 19.9 Å². The average molecular weight is 384 g/mol. The van der Waals surface area contributed by atoms with E-state index >= 15 is 0 Å². The SMILES string of the molecule is COc1cc(CCC(=O)NC2CCCc3cc(N)ccc32)cc(OC)c1OC. The highest BCUT2D eigenvalue weighted by molar-refractivity contribution is 5.77. The molecule has 1 atom stereocenters. The predicted molar refractivity (Wildman–Crippen MR) is 109 cm³/mol. The van der Waals surface area contributed by atoms with Crippen molar-refractivity contribution < 1.29 is 19.0 Å². The van der Waals surface area contributed by atoms with E-state index in [9.17, 15) is 4.79 Å². The molecule has 0 aromatic heterocycles. The number of hydrogen-bond acceptors (Lipinski definition) is 5. The van der Waals surface area contributed by atoms with Crippen molar-refractivity contribution in [2.45, 2.75) is 38.1 Å². The molecule has 1 aliphatic rings. The molecule has 0 saturated heterocycles. The lowest BCUT2D eigenvalue weighted by atomic mass is 9.87. The van der Waals surface area contributed by atoms with Crippen molar-refractivity contribution in [3.8, 4) is 17.2 Å². The molecule has 150 valence electrons. The van der Waals surface area contributed by atoms with Crippen LogP contribution in [-0.2, 0) is 17.6 Å². The molecule has 0 aliphatic heterocycles. The van der Waals surface area contributed by atoms with Gasteiger partial charge < -0.3 is 25.3 Å². The molecule has 0 bridgehead atoms. The van der Waals surface area contributed by atoms with Gasteiger partial charge in [-0.1, -0.05) is 6.07 Å². The van der Waals surface area contributed by atoms with Crippen LogP contribution in [0.1, 0.15) is 42.0 Å². The Hall–Kier alpha value is -2.89. The first-order valence-corrected chi connectivity index (χ1v) is 9.52. The van der Waals surface area contributed by atoms with Gasteiger partial charge >= 0.3 is 0 Å². The van der Waals surface area contributed by atoms with Gasteiger partial charge in [0.25, 0.3) is 0 Å². The van der Waals surface area contributed by atoms with Crippen LogP contribution < -0.4 is 25.3 Å². The number of carbonyl (C=O) groups excluding carboxylic acids is 1. The zero-order chi connectivity index (χ0) is 20.1. The highest BCUT2D eigenvalue weighted by Crippen LogP contribution is 2.38. The minimum Gasteiger partial charge on any atom is -0.493 e. The van der Waals surface area contributed by atoms with Crippen LogP contribution in [0.4, 0.5) is 5.69 Å². The van der Waals surface area contributed by atoms with Gasteiger partial charge in [0.15, 0.2) is 11.5 Å². The van der Waals surface area contributed by atoms with E-state index < -0.39 is 0 Å². The fourth-order valence-corrected chi connectivity index (χ4v) is 3.79. The van der Waals surface area contributed by atoms with Gasteiger partial charge in [-0.15, -0.1) is 0 Å². The molecule has 0 spiro atoms. The maximum absolute atomic E-state index is 12.6. The summed E-state index contributed by atoms with van der Waals surface area (Å²) in [4.78, 5) is 12.6. The largest absolute Gasteiger partial charge is 0.493 e. The molecule has 2 aromatic rings. The van der Waals surface area contributed by atoms with E-state index in [0.29, 0.717) is 30.1 Å². The van der Waals surface area contributed by atoms with Crippen molar-refractivity contribution >= 4 is 11.6 Å². The molecule has 1 unspecified atom stereocenters. The number of carbonyl (C=O) groups is 1. The van der Waals surface area contributed by atoms with E-state index in [1.807, 2.05) is 30.3 Å². The van der Waals surface area contributed by atoms with Crippen LogP contribution in [-0.4, -0.2) is 27.2 Å². The van der Waals surface area contributed by atoms with E-state index in [1.54, 1.807) is 21.3 Å². The summed E-state index contributed by atoms with van der Waals surface area (Å²) in [5, 5.41) is 3.18. The molecule has 0 heterocycles. The number of amides is 1. The summed E-state index contributed by atoms with van der Waals surface area (Å²) in [6.07, 6.45) is 3.99. The second-order valence-electron chi connectivity index (χ2n) is 7.00. The number of hydrogen-bond donors (Lipinski definition) is 2. The van der Waals surface area contributed by atoms with Gasteiger partial charge in [0.2, 0.25) is 11.7 Å². The summed E-state index contributed by atoms with van der Waals surface area (Å²) < 4.78 is 16.1. The Morgan fingerprint density at radius 3 is 2.46 bits per heavy atom. The quantitative estimate of drug-likeness (QED) is 0.715. The third-order valence-electron chi connectivity index (χ3n) is 5.18. The summed E-state index contributed by atoms with van der Waals surface area (Å²) in [5.41, 5.74) is 10.0. The Morgan fingerprint density at radius 2 is 1.82 bits per heavy atom. The third kappa shape index (κ3) is 4.32. The Labute approximate surface area is 166 Å². The molecule has 1 aliphatic carbocycles. The highest BCUT2D eigenvalue weighted by Gasteiger charge is 2.22. The molecule has 0 fully saturated rings. The number of ether oxygens (including phenoxy) is 3. The highest BCUT2D eigenvalue weighted by atomic mass is 16.5. The van der Waals surface area contributed by atoms with Crippen LogP contribution in [0.2, 0.25) is 0 Å². The number of nitrogen functional groups attached to an aromatic ring is 1. The summed E-state index contributed by atoms with van der Waals surface area (Å²) in [6, 6.07) is 9.77. The lowest BCUT2D eigenvalue weighted by Crippen LogP contribution is -2.31. The predicted octanol–water partition coefficient (Wildman–Crippen LogP) is 3.42. The molecular formula is C22H28N2O4. The topological polar surface area (TPSA) is 82.8 Å². The van der Waals surface area contributed by atoms with Crippen molar-refractivity contribution in [1.82, 2.24) is 5.32 Å². The molecule has 0 saturated carbocycles. The molecular weight excluding hydrogens is 356 g/mol. The lowest BCUT2D eigenvalue weighted by molar-refractivity contribution is -0.121. The van der Waals surface area contributed by atoms with E-state index in [2.05, 4.69) is 5.32 Å². The Kier molecular flexibility index (Phi) is 6.29.